The van der Waals surface area contributed by atoms with E-state index in [-0.39, 0.29) is 0 Å². The summed E-state index contributed by atoms with van der Waals surface area (Å²) in [6.07, 6.45) is 5.22. The maximum Gasteiger partial charge on any atom is 0.154 e. The van der Waals surface area contributed by atoms with Gasteiger partial charge in [0.25, 0.3) is 0 Å². The lowest BCUT2D eigenvalue weighted by atomic mass is 9.95. The summed E-state index contributed by atoms with van der Waals surface area (Å²) in [5, 5.41) is 1.61. The molecule has 2 rings (SSSR count). The van der Waals surface area contributed by atoms with Gasteiger partial charge in [-0.2, -0.15) is 0 Å². The smallest absolute Gasteiger partial charge is 0.154 e. The van der Waals surface area contributed by atoms with Crippen LogP contribution in [0.15, 0.2) is 4.99 Å². The van der Waals surface area contributed by atoms with Crippen LogP contribution in [0.25, 0.3) is 0 Å². The second-order valence-electron chi connectivity index (χ2n) is 3.03. The highest BCUT2D eigenvalue weighted by Gasteiger charge is 2.26. The average Bonchev–Trinajstić information content (AvgIpc) is 1.85. The van der Waals surface area contributed by atoms with Gasteiger partial charge in [0.15, 0.2) is 5.17 Å². The molecule has 2 N–H and O–H groups in total. The van der Waals surface area contributed by atoms with Gasteiger partial charge in [0, 0.05) is 5.25 Å². The second-order valence-corrected chi connectivity index (χ2v) is 4.35. The number of hydrogen-bond donors (Lipinski definition) is 1. The maximum absolute atomic E-state index is 5.64. The van der Waals surface area contributed by atoms with Crippen molar-refractivity contribution in [3.05, 3.63) is 0 Å². The highest BCUT2D eigenvalue weighted by Crippen LogP contribution is 2.34. The molecule has 56 valence electrons. The predicted molar refractivity (Wildman–Crippen MR) is 45.3 cm³/mol. The first-order chi connectivity index (χ1) is 4.84. The number of amidine groups is 1. The van der Waals surface area contributed by atoms with Gasteiger partial charge >= 0.3 is 0 Å². The molecule has 1 heterocycles. The summed E-state index contributed by atoms with van der Waals surface area (Å²) in [5.74, 6) is 0. The summed E-state index contributed by atoms with van der Waals surface area (Å²) in [4.78, 5) is 4.36. The maximum atomic E-state index is 5.64. The largest absolute Gasteiger partial charge is 0.379 e. The van der Waals surface area contributed by atoms with Crippen LogP contribution in [-0.2, 0) is 0 Å². The van der Waals surface area contributed by atoms with E-state index < -0.39 is 0 Å². The molecule has 1 saturated carbocycles. The number of thioether (sulfide) groups is 1. The van der Waals surface area contributed by atoms with Crippen LogP contribution in [0, 0.1) is 0 Å². The highest BCUT2D eigenvalue weighted by molar-refractivity contribution is 8.14. The molecule has 2 aliphatic rings. The minimum atomic E-state index is 0.569. The molecule has 0 aromatic heterocycles. The molecule has 1 aliphatic carbocycles. The molecule has 10 heavy (non-hydrogen) atoms. The van der Waals surface area contributed by atoms with Crippen molar-refractivity contribution in [1.82, 2.24) is 0 Å². The third kappa shape index (κ3) is 1.15. The molecule has 2 bridgehead atoms. The minimum Gasteiger partial charge on any atom is -0.379 e. The number of aliphatic imine (C=N–C) groups is 1. The number of hydrogen-bond acceptors (Lipinski definition) is 3. The monoisotopic (exact) mass is 156 g/mol. The third-order valence-corrected chi connectivity index (χ3v) is 3.30. The van der Waals surface area contributed by atoms with Gasteiger partial charge in [-0.1, -0.05) is 18.2 Å². The van der Waals surface area contributed by atoms with E-state index >= 15 is 0 Å². The molecular weight excluding hydrogens is 144 g/mol. The summed E-state index contributed by atoms with van der Waals surface area (Å²) in [6.45, 7) is 0. The van der Waals surface area contributed by atoms with Gasteiger partial charge in [-0.25, -0.2) is 0 Å². The molecule has 0 amide bonds. The van der Waals surface area contributed by atoms with Crippen molar-refractivity contribution in [1.29, 1.82) is 0 Å². The Balaban J connectivity index is 2.14. The fourth-order valence-electron chi connectivity index (χ4n) is 1.73. The number of nitrogens with zero attached hydrogens (tertiary/aromatic N) is 1. The zero-order valence-corrected chi connectivity index (χ0v) is 6.73. The van der Waals surface area contributed by atoms with Gasteiger partial charge in [0.05, 0.1) is 6.04 Å². The van der Waals surface area contributed by atoms with Gasteiger partial charge < -0.3 is 5.73 Å². The van der Waals surface area contributed by atoms with E-state index in [1.165, 1.54) is 25.7 Å². The summed E-state index contributed by atoms with van der Waals surface area (Å²) in [7, 11) is 0. The van der Waals surface area contributed by atoms with Crippen molar-refractivity contribution < 1.29 is 0 Å². The standard InChI is InChI=1S/C7H12N2S/c8-7-9-5-2-1-3-6(4-5)10-7/h5-6H,1-4H2,(H2,8,9)/t5-,6-/m0/s1. The lowest BCUT2D eigenvalue weighted by Gasteiger charge is -2.30. The van der Waals surface area contributed by atoms with Crippen molar-refractivity contribution in [3.63, 3.8) is 0 Å². The quantitative estimate of drug-likeness (QED) is 0.575. The van der Waals surface area contributed by atoms with Crippen molar-refractivity contribution in [2.24, 2.45) is 10.7 Å². The van der Waals surface area contributed by atoms with Crippen LogP contribution in [0.4, 0.5) is 0 Å². The van der Waals surface area contributed by atoms with Gasteiger partial charge in [-0.15, -0.1) is 0 Å². The molecule has 3 heteroatoms. The first-order valence-electron chi connectivity index (χ1n) is 3.84. The molecule has 1 fully saturated rings. The van der Waals surface area contributed by atoms with Crippen LogP contribution in [0.1, 0.15) is 25.7 Å². The predicted octanol–water partition coefficient (Wildman–Crippen LogP) is 1.36. The third-order valence-electron chi connectivity index (χ3n) is 2.20. The van der Waals surface area contributed by atoms with Crippen molar-refractivity contribution in [2.75, 3.05) is 0 Å². The molecule has 0 unspecified atom stereocenters. The first-order valence-corrected chi connectivity index (χ1v) is 4.72. The number of fused-ring (bicyclic) bond motifs is 2. The van der Waals surface area contributed by atoms with Crippen LogP contribution in [-0.4, -0.2) is 16.5 Å². The fourth-order valence-corrected chi connectivity index (χ4v) is 2.88. The van der Waals surface area contributed by atoms with Gasteiger partial charge in [-0.05, 0) is 19.3 Å². The number of nitrogens with two attached hydrogens (primary N) is 1. The van der Waals surface area contributed by atoms with E-state index in [4.69, 9.17) is 5.73 Å². The molecular formula is C7H12N2S. The Morgan fingerprint density at radius 2 is 2.40 bits per heavy atom. The van der Waals surface area contributed by atoms with E-state index in [0.29, 0.717) is 6.04 Å². The minimum absolute atomic E-state index is 0.569. The zero-order valence-electron chi connectivity index (χ0n) is 5.92. The van der Waals surface area contributed by atoms with Crippen LogP contribution in [0.2, 0.25) is 0 Å². The van der Waals surface area contributed by atoms with Crippen molar-refractivity contribution in [2.45, 2.75) is 37.0 Å². The van der Waals surface area contributed by atoms with Crippen molar-refractivity contribution in [3.8, 4) is 0 Å². The van der Waals surface area contributed by atoms with E-state index in [0.717, 1.165) is 10.4 Å². The molecule has 2 nitrogen and oxygen atoms in total. The molecule has 0 aromatic carbocycles. The Kier molecular flexibility index (Phi) is 1.60. The highest BCUT2D eigenvalue weighted by atomic mass is 32.2. The zero-order chi connectivity index (χ0) is 6.97. The topological polar surface area (TPSA) is 38.4 Å². The summed E-state index contributed by atoms with van der Waals surface area (Å²) >= 11 is 1.77. The van der Waals surface area contributed by atoms with Crippen LogP contribution in [0.5, 0.6) is 0 Å². The van der Waals surface area contributed by atoms with Gasteiger partial charge in [0.1, 0.15) is 0 Å². The molecule has 2 atom stereocenters. The molecule has 1 aliphatic heterocycles. The summed E-state index contributed by atoms with van der Waals surface area (Å²) in [5.41, 5.74) is 5.64. The Morgan fingerprint density at radius 1 is 1.50 bits per heavy atom. The Hall–Kier alpha value is -0.180. The van der Waals surface area contributed by atoms with E-state index in [9.17, 15) is 0 Å². The lowest BCUT2D eigenvalue weighted by molar-refractivity contribution is 0.450. The molecule has 0 spiro atoms. The lowest BCUT2D eigenvalue weighted by Crippen LogP contribution is -2.29. The Bertz CT molecular complexity index is 167. The Labute approximate surface area is 65.3 Å². The van der Waals surface area contributed by atoms with E-state index in [1.54, 1.807) is 11.8 Å². The van der Waals surface area contributed by atoms with Crippen LogP contribution >= 0.6 is 11.8 Å². The summed E-state index contributed by atoms with van der Waals surface area (Å²) < 4.78 is 0. The fraction of sp³-hybridized carbons (Fsp3) is 0.857. The molecule has 0 aromatic rings. The first kappa shape index (κ1) is 6.53. The average molecular weight is 156 g/mol. The Morgan fingerprint density at radius 3 is 3.20 bits per heavy atom. The van der Waals surface area contributed by atoms with Crippen LogP contribution < -0.4 is 5.73 Å². The van der Waals surface area contributed by atoms with Gasteiger partial charge in [0.2, 0.25) is 0 Å². The summed E-state index contributed by atoms with van der Waals surface area (Å²) in [6, 6.07) is 0.569. The van der Waals surface area contributed by atoms with Gasteiger partial charge in [-0.3, -0.25) is 4.99 Å². The van der Waals surface area contributed by atoms with Crippen LogP contribution in [0.3, 0.4) is 0 Å². The van der Waals surface area contributed by atoms with E-state index in [1.807, 2.05) is 0 Å². The molecule has 0 saturated heterocycles. The molecule has 0 radical (unpaired) electrons. The normalized spacial score (nSPS) is 39.0. The van der Waals surface area contributed by atoms with E-state index in [2.05, 4.69) is 4.99 Å². The number of rotatable bonds is 0. The van der Waals surface area contributed by atoms with Crippen molar-refractivity contribution >= 4 is 16.9 Å². The SMILES string of the molecule is NC1=N[C@H]2CCC[C@@H](C2)S1. The second kappa shape index (κ2) is 2.46.